The first-order valence-electron chi connectivity index (χ1n) is 7.54. The number of halogens is 4. The van der Waals surface area contributed by atoms with Gasteiger partial charge in [0, 0.05) is 13.1 Å². The minimum atomic E-state index is -4.91. The summed E-state index contributed by atoms with van der Waals surface area (Å²) in [4.78, 5) is 12.4. The summed E-state index contributed by atoms with van der Waals surface area (Å²) in [6.07, 6.45) is -2.09. The largest absolute Gasteiger partial charge is 0.389 e. The van der Waals surface area contributed by atoms with Crippen molar-refractivity contribution in [2.24, 2.45) is 0 Å². The Hall–Kier alpha value is -1.63. The van der Waals surface area contributed by atoms with Crippen molar-refractivity contribution in [1.82, 2.24) is 4.90 Å². The van der Waals surface area contributed by atoms with Crippen molar-refractivity contribution in [3.63, 3.8) is 0 Å². The number of hydrogen-bond acceptors (Lipinski definition) is 2. The second-order valence-corrected chi connectivity index (χ2v) is 5.74. The number of amides is 1. The van der Waals surface area contributed by atoms with Gasteiger partial charge in [-0.2, -0.15) is 17.6 Å². The molecule has 1 fully saturated rings. The lowest BCUT2D eigenvalue weighted by atomic mass is 9.98. The van der Waals surface area contributed by atoms with Gasteiger partial charge in [0.1, 0.15) is 6.10 Å². The normalized spacial score (nSPS) is 17.3. The monoisotopic (exact) mass is 333 g/mol. The van der Waals surface area contributed by atoms with Gasteiger partial charge < -0.3 is 10.0 Å². The Kier molecular flexibility index (Phi) is 5.29. The van der Waals surface area contributed by atoms with Crippen molar-refractivity contribution >= 4 is 5.91 Å². The Bertz CT molecular complexity index is 530. The van der Waals surface area contributed by atoms with Gasteiger partial charge in [-0.05, 0) is 31.2 Å². The fourth-order valence-electron chi connectivity index (χ4n) is 2.60. The molecule has 128 valence electrons. The summed E-state index contributed by atoms with van der Waals surface area (Å²) in [5.74, 6) is -11.6. The molecule has 0 radical (unpaired) electrons. The van der Waals surface area contributed by atoms with E-state index in [0.29, 0.717) is 18.4 Å². The van der Waals surface area contributed by atoms with Crippen LogP contribution in [-0.2, 0) is 11.2 Å². The first-order chi connectivity index (χ1) is 10.8. The van der Waals surface area contributed by atoms with Crippen LogP contribution < -0.4 is 0 Å². The molecule has 1 aromatic carbocycles. The molecule has 1 amide bonds. The molecular weight excluding hydrogens is 314 g/mol. The molecule has 1 aliphatic heterocycles. The fraction of sp³-hybridized carbons (Fsp3) is 0.562. The molecule has 23 heavy (non-hydrogen) atoms. The Balaban J connectivity index is 2.03. The van der Waals surface area contributed by atoms with Crippen LogP contribution in [0, 0.1) is 0 Å². The third kappa shape index (κ3) is 3.65. The maximum atomic E-state index is 14.0. The highest BCUT2D eigenvalue weighted by Crippen LogP contribution is 2.40. The fourth-order valence-corrected chi connectivity index (χ4v) is 2.60. The lowest BCUT2D eigenvalue weighted by Crippen LogP contribution is -2.58. The molecule has 1 aliphatic rings. The second-order valence-electron chi connectivity index (χ2n) is 5.74. The van der Waals surface area contributed by atoms with E-state index in [2.05, 4.69) is 0 Å². The number of carbonyl (C=O) groups is 1. The number of nitrogens with zero attached hydrogens (tertiary/aromatic N) is 1. The van der Waals surface area contributed by atoms with Gasteiger partial charge in [0.25, 0.3) is 5.91 Å². The Labute approximate surface area is 131 Å². The van der Waals surface area contributed by atoms with Crippen molar-refractivity contribution in [2.75, 3.05) is 13.1 Å². The number of rotatable bonds is 6. The van der Waals surface area contributed by atoms with E-state index in [4.69, 9.17) is 0 Å². The second kappa shape index (κ2) is 6.86. The summed E-state index contributed by atoms with van der Waals surface area (Å²) in [7, 11) is 0. The van der Waals surface area contributed by atoms with Crippen LogP contribution in [0.15, 0.2) is 30.3 Å². The molecule has 1 saturated heterocycles. The van der Waals surface area contributed by atoms with Gasteiger partial charge in [0.05, 0.1) is 0 Å². The number of alkyl halides is 4. The Morgan fingerprint density at radius 3 is 2.26 bits per heavy atom. The number of aryl methyl sites for hydroxylation is 1. The third-order valence-electron chi connectivity index (χ3n) is 4.05. The zero-order valence-corrected chi connectivity index (χ0v) is 12.5. The van der Waals surface area contributed by atoms with Gasteiger partial charge in [-0.3, -0.25) is 4.79 Å². The van der Waals surface area contributed by atoms with E-state index in [-0.39, 0.29) is 19.5 Å². The molecule has 1 N–H and O–H groups in total. The van der Waals surface area contributed by atoms with Crippen LogP contribution in [-0.4, -0.2) is 47.0 Å². The number of carbonyl (C=O) groups excluding carboxylic acids is 1. The standard InChI is InChI=1S/C16H19F4NO2/c17-15(18,13(22)9-8-12-6-2-1-3-7-12)16(19,20)14(23)21-10-4-5-11-21/h1-3,6-7,13,22H,4-5,8-11H2. The van der Waals surface area contributed by atoms with E-state index in [0.717, 1.165) is 4.90 Å². The highest BCUT2D eigenvalue weighted by atomic mass is 19.3. The maximum Gasteiger partial charge on any atom is 0.389 e. The highest BCUT2D eigenvalue weighted by Gasteiger charge is 2.66. The predicted octanol–water partition coefficient (Wildman–Crippen LogP) is 2.87. The summed E-state index contributed by atoms with van der Waals surface area (Å²) in [6.45, 7) is 0.0925. The minimum Gasteiger partial charge on any atom is -0.387 e. The summed E-state index contributed by atoms with van der Waals surface area (Å²) < 4.78 is 55.8. The van der Waals surface area contributed by atoms with Crippen LogP contribution in [0.1, 0.15) is 24.8 Å². The molecular formula is C16H19F4NO2. The molecule has 3 nitrogen and oxygen atoms in total. The molecule has 0 saturated carbocycles. The third-order valence-corrected chi connectivity index (χ3v) is 4.05. The smallest absolute Gasteiger partial charge is 0.387 e. The Morgan fingerprint density at radius 2 is 1.70 bits per heavy atom. The van der Waals surface area contributed by atoms with Gasteiger partial charge in [0.2, 0.25) is 0 Å². The minimum absolute atomic E-state index is 0.0194. The van der Waals surface area contributed by atoms with Crippen LogP contribution >= 0.6 is 0 Å². The lowest BCUT2D eigenvalue weighted by molar-refractivity contribution is -0.250. The zero-order chi connectivity index (χ0) is 17.1. The molecule has 0 aromatic heterocycles. The van der Waals surface area contributed by atoms with Crippen LogP contribution in [0.3, 0.4) is 0 Å². The van der Waals surface area contributed by atoms with E-state index < -0.39 is 30.3 Å². The van der Waals surface area contributed by atoms with Crippen molar-refractivity contribution in [2.45, 2.75) is 43.6 Å². The zero-order valence-electron chi connectivity index (χ0n) is 12.5. The van der Waals surface area contributed by atoms with E-state index >= 15 is 0 Å². The summed E-state index contributed by atoms with van der Waals surface area (Å²) >= 11 is 0. The van der Waals surface area contributed by atoms with Gasteiger partial charge >= 0.3 is 11.8 Å². The van der Waals surface area contributed by atoms with Gasteiger partial charge in [0.15, 0.2) is 0 Å². The number of aliphatic hydroxyl groups is 1. The van der Waals surface area contributed by atoms with E-state index in [1.807, 2.05) is 0 Å². The van der Waals surface area contributed by atoms with Crippen molar-refractivity contribution in [3.05, 3.63) is 35.9 Å². The molecule has 1 heterocycles. The van der Waals surface area contributed by atoms with Gasteiger partial charge in [-0.1, -0.05) is 30.3 Å². The molecule has 0 bridgehead atoms. The van der Waals surface area contributed by atoms with Gasteiger partial charge in [-0.15, -0.1) is 0 Å². The first kappa shape index (κ1) is 17.7. The van der Waals surface area contributed by atoms with Crippen molar-refractivity contribution in [1.29, 1.82) is 0 Å². The maximum absolute atomic E-state index is 14.0. The van der Waals surface area contributed by atoms with Crippen LogP contribution in [0.4, 0.5) is 17.6 Å². The van der Waals surface area contributed by atoms with E-state index in [9.17, 15) is 27.5 Å². The number of aliphatic hydroxyl groups excluding tert-OH is 1. The summed E-state index contributed by atoms with van der Waals surface area (Å²) in [6, 6.07) is 8.41. The molecule has 1 atom stereocenters. The number of benzene rings is 1. The lowest BCUT2D eigenvalue weighted by Gasteiger charge is -2.32. The molecule has 0 aliphatic carbocycles. The number of hydrogen-bond donors (Lipinski definition) is 1. The van der Waals surface area contributed by atoms with E-state index in [1.54, 1.807) is 30.3 Å². The SMILES string of the molecule is O=C(N1CCCC1)C(F)(F)C(F)(F)C(O)CCc1ccccc1. The van der Waals surface area contributed by atoms with Crippen molar-refractivity contribution < 1.29 is 27.5 Å². The van der Waals surface area contributed by atoms with Crippen LogP contribution in [0.5, 0.6) is 0 Å². The quantitative estimate of drug-likeness (QED) is 0.813. The van der Waals surface area contributed by atoms with Crippen molar-refractivity contribution in [3.8, 4) is 0 Å². The average molecular weight is 333 g/mol. The highest BCUT2D eigenvalue weighted by molar-refractivity contribution is 5.85. The number of likely N-dealkylation sites (tertiary alicyclic amines) is 1. The summed E-state index contributed by atoms with van der Waals surface area (Å²) in [5, 5.41) is 9.56. The van der Waals surface area contributed by atoms with Crippen LogP contribution in [0.2, 0.25) is 0 Å². The average Bonchev–Trinajstić information content (AvgIpc) is 3.06. The summed E-state index contributed by atoms with van der Waals surface area (Å²) in [5.41, 5.74) is 0.650. The predicted molar refractivity (Wildman–Crippen MR) is 76.5 cm³/mol. The topological polar surface area (TPSA) is 40.5 Å². The molecule has 7 heteroatoms. The molecule has 1 unspecified atom stereocenters. The molecule has 0 spiro atoms. The molecule has 2 rings (SSSR count). The first-order valence-corrected chi connectivity index (χ1v) is 7.54. The van der Waals surface area contributed by atoms with Gasteiger partial charge in [-0.25, -0.2) is 0 Å². The van der Waals surface area contributed by atoms with E-state index in [1.165, 1.54) is 0 Å². The molecule has 1 aromatic rings. The Morgan fingerprint density at radius 1 is 1.13 bits per heavy atom. The van der Waals surface area contributed by atoms with Crippen LogP contribution in [0.25, 0.3) is 0 Å².